The third-order valence-corrected chi connectivity index (χ3v) is 4.35. The van der Waals surface area contributed by atoms with Crippen LogP contribution in [0.15, 0.2) is 28.9 Å². The van der Waals surface area contributed by atoms with Crippen LogP contribution in [0.1, 0.15) is 19.1 Å². The summed E-state index contributed by atoms with van der Waals surface area (Å²) in [6.07, 6.45) is 5.52. The maximum atomic E-state index is 12.6. The van der Waals surface area contributed by atoms with E-state index in [1.165, 1.54) is 13.2 Å². The molecule has 1 fully saturated rings. The minimum Gasteiger partial charge on any atom is -0.469 e. The zero-order valence-electron chi connectivity index (χ0n) is 15.6. The van der Waals surface area contributed by atoms with Gasteiger partial charge in [0.1, 0.15) is 5.76 Å². The van der Waals surface area contributed by atoms with Crippen LogP contribution in [0.25, 0.3) is 6.08 Å². The van der Waals surface area contributed by atoms with Crippen LogP contribution < -0.4 is 0 Å². The highest BCUT2D eigenvalue weighted by atomic mass is 16.5. The summed E-state index contributed by atoms with van der Waals surface area (Å²) in [5.41, 5.74) is 0. The van der Waals surface area contributed by atoms with Crippen LogP contribution in [0, 0.1) is 5.92 Å². The first-order valence-electron chi connectivity index (χ1n) is 8.98. The molecule has 0 saturated carbocycles. The van der Waals surface area contributed by atoms with Gasteiger partial charge in [0.05, 0.1) is 32.5 Å². The average Bonchev–Trinajstić information content (AvgIpc) is 3.19. The molecule has 1 aromatic rings. The summed E-state index contributed by atoms with van der Waals surface area (Å²) in [5.74, 6) is -0.206. The molecule has 1 amide bonds. The lowest BCUT2D eigenvalue weighted by molar-refractivity contribution is -0.146. The quantitative estimate of drug-likeness (QED) is 0.490. The van der Waals surface area contributed by atoms with Gasteiger partial charge in [-0.05, 0) is 24.6 Å². The van der Waals surface area contributed by atoms with Gasteiger partial charge < -0.3 is 18.8 Å². The van der Waals surface area contributed by atoms with E-state index in [9.17, 15) is 9.59 Å². The minimum atomic E-state index is -0.371. The number of nitrogens with zero attached hydrogens (tertiary/aromatic N) is 2. The summed E-state index contributed by atoms with van der Waals surface area (Å²) < 4.78 is 15.3. The Morgan fingerprint density at radius 1 is 1.38 bits per heavy atom. The number of morpholine rings is 1. The Balaban J connectivity index is 1.90. The number of ether oxygens (including phenoxy) is 2. The van der Waals surface area contributed by atoms with Crippen LogP contribution in [-0.2, 0) is 19.1 Å². The Morgan fingerprint density at radius 2 is 2.15 bits per heavy atom. The molecule has 0 spiro atoms. The van der Waals surface area contributed by atoms with Gasteiger partial charge in [0.15, 0.2) is 0 Å². The van der Waals surface area contributed by atoms with Crippen LogP contribution in [0.5, 0.6) is 0 Å². The van der Waals surface area contributed by atoms with Crippen molar-refractivity contribution in [1.29, 1.82) is 0 Å². The molecule has 7 heteroatoms. The Kier molecular flexibility index (Phi) is 8.37. The molecule has 1 saturated heterocycles. The molecule has 1 aliphatic heterocycles. The van der Waals surface area contributed by atoms with Gasteiger partial charge in [0.25, 0.3) is 0 Å². The fourth-order valence-electron chi connectivity index (χ4n) is 2.85. The highest BCUT2D eigenvalue weighted by Crippen LogP contribution is 2.08. The maximum Gasteiger partial charge on any atom is 0.310 e. The van der Waals surface area contributed by atoms with E-state index in [1.807, 2.05) is 0 Å². The molecule has 0 bridgehead atoms. The lowest BCUT2D eigenvalue weighted by Gasteiger charge is -2.28. The molecule has 0 aromatic carbocycles. The number of amides is 1. The van der Waals surface area contributed by atoms with Gasteiger partial charge in [-0.1, -0.05) is 6.92 Å². The predicted molar refractivity (Wildman–Crippen MR) is 97.4 cm³/mol. The second-order valence-electron chi connectivity index (χ2n) is 6.36. The van der Waals surface area contributed by atoms with Crippen LogP contribution in [-0.4, -0.2) is 74.7 Å². The molecule has 2 heterocycles. The van der Waals surface area contributed by atoms with E-state index in [1.54, 1.807) is 36.3 Å². The van der Waals surface area contributed by atoms with Crippen molar-refractivity contribution in [3.05, 3.63) is 30.2 Å². The molecular weight excluding hydrogens is 336 g/mol. The summed E-state index contributed by atoms with van der Waals surface area (Å²) in [5, 5.41) is 0. The summed E-state index contributed by atoms with van der Waals surface area (Å²) in [4.78, 5) is 28.3. The van der Waals surface area contributed by atoms with Crippen molar-refractivity contribution >= 4 is 18.0 Å². The van der Waals surface area contributed by atoms with Gasteiger partial charge in [0, 0.05) is 38.8 Å². The summed E-state index contributed by atoms with van der Waals surface area (Å²) in [6.45, 7) is 6.95. The van der Waals surface area contributed by atoms with Gasteiger partial charge in [0.2, 0.25) is 5.91 Å². The number of carbonyl (C=O) groups is 2. The van der Waals surface area contributed by atoms with Crippen LogP contribution in [0.4, 0.5) is 0 Å². The van der Waals surface area contributed by atoms with Crippen molar-refractivity contribution in [2.45, 2.75) is 13.3 Å². The number of carbonyl (C=O) groups excluding carboxylic acids is 2. The topological polar surface area (TPSA) is 72.2 Å². The van der Waals surface area contributed by atoms with Crippen molar-refractivity contribution in [2.24, 2.45) is 5.92 Å². The first-order chi connectivity index (χ1) is 12.6. The first-order valence-corrected chi connectivity index (χ1v) is 8.98. The monoisotopic (exact) mass is 364 g/mol. The molecule has 144 valence electrons. The first kappa shape index (κ1) is 20.2. The standard InChI is InChI=1S/C19H28N2O5/c1-16(19(23)24-2)15-21(9-4-8-20-10-13-25-14-11-20)18(22)7-6-17-5-3-12-26-17/h3,5-7,12,16H,4,8-11,13-15H2,1-2H3/b7-6+. The third-order valence-electron chi connectivity index (χ3n) is 4.35. The Hall–Kier alpha value is -2.12. The van der Waals surface area contributed by atoms with E-state index < -0.39 is 0 Å². The summed E-state index contributed by atoms with van der Waals surface area (Å²) >= 11 is 0. The molecule has 0 aliphatic carbocycles. The van der Waals surface area contributed by atoms with Crippen molar-refractivity contribution in [1.82, 2.24) is 9.80 Å². The molecule has 0 radical (unpaired) electrons. The molecule has 1 aliphatic rings. The highest BCUT2D eigenvalue weighted by Gasteiger charge is 2.20. The number of rotatable bonds is 9. The Labute approximate surface area is 154 Å². The van der Waals surface area contributed by atoms with Crippen LogP contribution in [0.2, 0.25) is 0 Å². The molecule has 0 N–H and O–H groups in total. The SMILES string of the molecule is COC(=O)C(C)CN(CCCN1CCOCC1)C(=O)/C=C/c1ccco1. The molecule has 26 heavy (non-hydrogen) atoms. The third kappa shape index (κ3) is 6.65. The molecule has 1 atom stereocenters. The second kappa shape index (κ2) is 10.8. The predicted octanol–water partition coefficient (Wildman–Crippen LogP) is 1.65. The van der Waals surface area contributed by atoms with Crippen molar-refractivity contribution in [2.75, 3.05) is 53.0 Å². The fourth-order valence-corrected chi connectivity index (χ4v) is 2.85. The average molecular weight is 364 g/mol. The molecular formula is C19H28N2O5. The maximum absolute atomic E-state index is 12.6. The van der Waals surface area contributed by atoms with E-state index in [4.69, 9.17) is 13.9 Å². The number of methoxy groups -OCH3 is 1. The van der Waals surface area contributed by atoms with E-state index in [2.05, 4.69) is 4.90 Å². The van der Waals surface area contributed by atoms with Crippen LogP contribution >= 0.6 is 0 Å². The number of esters is 1. The number of furan rings is 1. The van der Waals surface area contributed by atoms with E-state index in [-0.39, 0.29) is 17.8 Å². The van der Waals surface area contributed by atoms with E-state index in [0.717, 1.165) is 39.3 Å². The van der Waals surface area contributed by atoms with Crippen LogP contribution in [0.3, 0.4) is 0 Å². The fraction of sp³-hybridized carbons (Fsp3) is 0.579. The number of hydrogen-bond donors (Lipinski definition) is 0. The molecule has 1 unspecified atom stereocenters. The smallest absolute Gasteiger partial charge is 0.310 e. The zero-order chi connectivity index (χ0) is 18.8. The zero-order valence-corrected chi connectivity index (χ0v) is 15.6. The largest absolute Gasteiger partial charge is 0.469 e. The van der Waals surface area contributed by atoms with Crippen molar-refractivity contribution in [3.63, 3.8) is 0 Å². The summed E-state index contributed by atoms with van der Waals surface area (Å²) in [6, 6.07) is 3.55. The van der Waals surface area contributed by atoms with Crippen molar-refractivity contribution < 1.29 is 23.5 Å². The second-order valence-corrected chi connectivity index (χ2v) is 6.36. The van der Waals surface area contributed by atoms with Gasteiger partial charge in [-0.2, -0.15) is 0 Å². The van der Waals surface area contributed by atoms with E-state index >= 15 is 0 Å². The van der Waals surface area contributed by atoms with Gasteiger partial charge in [-0.3, -0.25) is 14.5 Å². The molecule has 2 rings (SSSR count). The minimum absolute atomic E-state index is 0.140. The number of hydrogen-bond acceptors (Lipinski definition) is 6. The van der Waals surface area contributed by atoms with Gasteiger partial charge >= 0.3 is 5.97 Å². The normalized spacial score (nSPS) is 16.5. The van der Waals surface area contributed by atoms with Gasteiger partial charge in [-0.25, -0.2) is 0 Å². The lowest BCUT2D eigenvalue weighted by atomic mass is 10.1. The summed E-state index contributed by atoms with van der Waals surface area (Å²) in [7, 11) is 1.36. The molecule has 1 aromatic heterocycles. The lowest BCUT2D eigenvalue weighted by Crippen LogP contribution is -2.40. The highest BCUT2D eigenvalue weighted by molar-refractivity contribution is 5.91. The van der Waals surface area contributed by atoms with E-state index in [0.29, 0.717) is 18.8 Å². The molecule has 7 nitrogen and oxygen atoms in total. The van der Waals surface area contributed by atoms with Crippen molar-refractivity contribution in [3.8, 4) is 0 Å². The Bertz CT molecular complexity index is 579. The Morgan fingerprint density at radius 3 is 2.81 bits per heavy atom. The van der Waals surface area contributed by atoms with Gasteiger partial charge in [-0.15, -0.1) is 0 Å².